The number of hydrogen-bond acceptors (Lipinski definition) is 4. The van der Waals surface area contributed by atoms with E-state index >= 15 is 0 Å². The molecule has 0 saturated heterocycles. The van der Waals surface area contributed by atoms with E-state index < -0.39 is 0 Å². The van der Waals surface area contributed by atoms with E-state index in [1.54, 1.807) is 0 Å². The first-order chi connectivity index (χ1) is 10.3. The molecule has 3 N–H and O–H groups in total. The lowest BCUT2D eigenvalue weighted by atomic mass is 10.0. The maximum atomic E-state index is 5.86. The Balaban J connectivity index is 2.19. The van der Waals surface area contributed by atoms with Crippen molar-refractivity contribution in [2.75, 3.05) is 12.0 Å². The zero-order valence-corrected chi connectivity index (χ0v) is 12.6. The average Bonchev–Trinajstić information content (AvgIpc) is 2.75. The van der Waals surface area contributed by atoms with Gasteiger partial charge in [0.15, 0.2) is 0 Å². The maximum absolute atomic E-state index is 5.86. The number of ether oxygens (including phenoxy) is 1. The minimum atomic E-state index is 0.712. The first-order valence-electron chi connectivity index (χ1n) is 7.89. The van der Waals surface area contributed by atoms with E-state index in [2.05, 4.69) is 18.4 Å². The number of rotatable bonds is 4. The molecule has 2 aromatic rings. The van der Waals surface area contributed by atoms with Crippen molar-refractivity contribution < 1.29 is 4.74 Å². The third kappa shape index (κ3) is 2.68. The molecule has 0 bridgehead atoms. The van der Waals surface area contributed by atoms with E-state index in [-0.39, 0.29) is 0 Å². The van der Waals surface area contributed by atoms with Gasteiger partial charge in [0.25, 0.3) is 0 Å². The second-order valence-corrected chi connectivity index (χ2v) is 5.62. The van der Waals surface area contributed by atoms with Gasteiger partial charge in [-0.25, -0.2) is 4.98 Å². The highest BCUT2D eigenvalue weighted by molar-refractivity contribution is 5.96. The van der Waals surface area contributed by atoms with Crippen LogP contribution in [0.15, 0.2) is 18.2 Å². The van der Waals surface area contributed by atoms with Crippen LogP contribution in [-0.2, 0) is 12.8 Å². The van der Waals surface area contributed by atoms with Crippen LogP contribution in [0, 0.1) is 0 Å². The van der Waals surface area contributed by atoms with E-state index in [4.69, 9.17) is 15.6 Å². The molecule has 0 radical (unpaired) electrons. The predicted molar refractivity (Wildman–Crippen MR) is 86.6 cm³/mol. The number of hydrazine groups is 1. The number of nitrogens with zero attached hydrogens (tertiary/aromatic N) is 1. The van der Waals surface area contributed by atoms with Gasteiger partial charge in [-0.2, -0.15) is 0 Å². The normalized spacial score (nSPS) is 14.6. The van der Waals surface area contributed by atoms with Gasteiger partial charge >= 0.3 is 0 Å². The lowest BCUT2D eigenvalue weighted by Crippen LogP contribution is -2.12. The molecule has 0 saturated carbocycles. The molecule has 1 heterocycles. The topological polar surface area (TPSA) is 60.2 Å². The van der Waals surface area contributed by atoms with Crippen LogP contribution in [0.4, 0.5) is 5.69 Å². The Bertz CT molecular complexity index is 639. The zero-order chi connectivity index (χ0) is 14.7. The minimum absolute atomic E-state index is 0.712. The number of nitrogen functional groups attached to an aromatic ring is 1. The van der Waals surface area contributed by atoms with Gasteiger partial charge in [0.05, 0.1) is 12.3 Å². The van der Waals surface area contributed by atoms with Gasteiger partial charge in [-0.15, -0.1) is 0 Å². The van der Waals surface area contributed by atoms with Gasteiger partial charge in [-0.05, 0) is 43.7 Å². The quantitative estimate of drug-likeness (QED) is 0.512. The van der Waals surface area contributed by atoms with Gasteiger partial charge in [-0.3, -0.25) is 5.84 Å². The first-order valence-corrected chi connectivity index (χ1v) is 7.89. The fourth-order valence-electron chi connectivity index (χ4n) is 3.09. The monoisotopic (exact) mass is 285 g/mol. The molecule has 1 aliphatic rings. The molecular weight excluding hydrogens is 262 g/mol. The first kappa shape index (κ1) is 14.1. The predicted octanol–water partition coefficient (Wildman–Crippen LogP) is 3.58. The molecule has 0 aliphatic heterocycles. The summed E-state index contributed by atoms with van der Waals surface area (Å²) < 4.78 is 5.86. The number of nitrogens with two attached hydrogens (primary N) is 1. The van der Waals surface area contributed by atoms with Gasteiger partial charge in [-0.1, -0.05) is 25.5 Å². The fraction of sp³-hybridized carbons (Fsp3) is 0.471. The Hall–Kier alpha value is -1.81. The van der Waals surface area contributed by atoms with Crippen molar-refractivity contribution in [3.8, 4) is 5.75 Å². The van der Waals surface area contributed by atoms with Crippen LogP contribution in [0.1, 0.15) is 43.9 Å². The summed E-state index contributed by atoms with van der Waals surface area (Å²) in [7, 11) is 0. The molecule has 4 nitrogen and oxygen atoms in total. The Labute approximate surface area is 125 Å². The molecule has 112 valence electrons. The molecule has 3 rings (SSSR count). The summed E-state index contributed by atoms with van der Waals surface area (Å²) in [6, 6.07) is 6.08. The van der Waals surface area contributed by atoms with Crippen molar-refractivity contribution in [3.05, 3.63) is 29.5 Å². The summed E-state index contributed by atoms with van der Waals surface area (Å²) in [6.45, 7) is 2.82. The molecule has 1 aliphatic carbocycles. The van der Waals surface area contributed by atoms with Crippen molar-refractivity contribution in [2.24, 2.45) is 5.84 Å². The summed E-state index contributed by atoms with van der Waals surface area (Å²) in [6.07, 6.45) is 6.74. The average molecular weight is 285 g/mol. The van der Waals surface area contributed by atoms with Crippen molar-refractivity contribution in [1.82, 2.24) is 4.98 Å². The summed E-state index contributed by atoms with van der Waals surface area (Å²) >= 11 is 0. The molecule has 1 aromatic heterocycles. The molecule has 0 atom stereocenters. The number of hydrogen-bond donors (Lipinski definition) is 2. The number of pyridine rings is 1. The number of aromatic nitrogens is 1. The summed E-state index contributed by atoms with van der Waals surface area (Å²) in [5.74, 6) is 6.68. The zero-order valence-electron chi connectivity index (χ0n) is 12.6. The van der Waals surface area contributed by atoms with Crippen molar-refractivity contribution in [2.45, 2.75) is 45.4 Å². The van der Waals surface area contributed by atoms with Crippen LogP contribution < -0.4 is 16.0 Å². The lowest BCUT2D eigenvalue weighted by molar-refractivity contribution is 0.320. The fourth-order valence-corrected chi connectivity index (χ4v) is 3.09. The van der Waals surface area contributed by atoms with Crippen molar-refractivity contribution in [1.29, 1.82) is 0 Å². The van der Waals surface area contributed by atoms with Gasteiger partial charge in [0.2, 0.25) is 0 Å². The van der Waals surface area contributed by atoms with Crippen LogP contribution in [0.25, 0.3) is 10.9 Å². The Kier molecular flexibility index (Phi) is 4.25. The standard InChI is InChI=1S/C17H23N3O/c1-2-11-21-15-10-6-8-13-16(20-18)12-7-4-3-5-9-14(12)19-17(13)15/h6,8,10H,2-5,7,9,11,18H2,1H3,(H,19,20). The van der Waals surface area contributed by atoms with Crippen LogP contribution >= 0.6 is 0 Å². The number of aryl methyl sites for hydroxylation is 1. The summed E-state index contributed by atoms with van der Waals surface area (Å²) in [4.78, 5) is 4.92. The van der Waals surface area contributed by atoms with Crippen LogP contribution in [-0.4, -0.2) is 11.6 Å². The number of anilines is 1. The molecule has 0 spiro atoms. The number of nitrogens with one attached hydrogen (secondary N) is 1. The summed E-state index contributed by atoms with van der Waals surface area (Å²) in [5, 5.41) is 1.06. The largest absolute Gasteiger partial charge is 0.491 e. The van der Waals surface area contributed by atoms with Gasteiger partial charge in [0.1, 0.15) is 11.3 Å². The van der Waals surface area contributed by atoms with E-state index in [1.165, 1.54) is 30.5 Å². The highest BCUT2D eigenvalue weighted by Gasteiger charge is 2.18. The maximum Gasteiger partial charge on any atom is 0.145 e. The highest BCUT2D eigenvalue weighted by Crippen LogP contribution is 2.35. The van der Waals surface area contributed by atoms with Gasteiger partial charge in [0, 0.05) is 11.1 Å². The molecule has 4 heteroatoms. The lowest BCUT2D eigenvalue weighted by Gasteiger charge is -2.16. The second kappa shape index (κ2) is 6.31. The SMILES string of the molecule is CCCOc1cccc2c(NN)c3c(nc12)CCCCC3. The van der Waals surface area contributed by atoms with Crippen LogP contribution in [0.3, 0.4) is 0 Å². The van der Waals surface area contributed by atoms with Crippen molar-refractivity contribution in [3.63, 3.8) is 0 Å². The highest BCUT2D eigenvalue weighted by atomic mass is 16.5. The summed E-state index contributed by atoms with van der Waals surface area (Å²) in [5.41, 5.74) is 7.34. The van der Waals surface area contributed by atoms with Gasteiger partial charge < -0.3 is 10.2 Å². The molecule has 1 aromatic carbocycles. The minimum Gasteiger partial charge on any atom is -0.491 e. The Morgan fingerprint density at radius 3 is 2.90 bits per heavy atom. The molecule has 0 fully saturated rings. The molecule has 0 amide bonds. The van der Waals surface area contributed by atoms with E-state index in [0.717, 1.165) is 41.6 Å². The molecular formula is C17H23N3O. The molecule has 0 unspecified atom stereocenters. The van der Waals surface area contributed by atoms with E-state index in [0.29, 0.717) is 6.61 Å². The van der Waals surface area contributed by atoms with Crippen LogP contribution in [0.2, 0.25) is 0 Å². The second-order valence-electron chi connectivity index (χ2n) is 5.62. The van der Waals surface area contributed by atoms with Crippen molar-refractivity contribution >= 4 is 16.6 Å². The van der Waals surface area contributed by atoms with Crippen LogP contribution in [0.5, 0.6) is 5.75 Å². The third-order valence-corrected chi connectivity index (χ3v) is 4.11. The third-order valence-electron chi connectivity index (χ3n) is 4.11. The smallest absolute Gasteiger partial charge is 0.145 e. The Morgan fingerprint density at radius 2 is 2.10 bits per heavy atom. The Morgan fingerprint density at radius 1 is 1.24 bits per heavy atom. The van der Waals surface area contributed by atoms with E-state index in [1.807, 2.05) is 12.1 Å². The number of para-hydroxylation sites is 1. The number of fused-ring (bicyclic) bond motifs is 2. The number of benzene rings is 1. The van der Waals surface area contributed by atoms with E-state index in [9.17, 15) is 0 Å². The molecule has 21 heavy (non-hydrogen) atoms.